The number of carbonyl (C=O) groups is 1. The summed E-state index contributed by atoms with van der Waals surface area (Å²) in [6.07, 6.45) is 0. The van der Waals surface area contributed by atoms with Crippen LogP contribution in [-0.4, -0.2) is 31.3 Å². The maximum Gasteiger partial charge on any atom is 0.317 e. The summed E-state index contributed by atoms with van der Waals surface area (Å²) in [6, 6.07) is 3.71. The zero-order valence-electron chi connectivity index (χ0n) is 10.3. The van der Waals surface area contributed by atoms with Crippen LogP contribution in [0, 0.1) is 0 Å². The highest BCUT2D eigenvalue weighted by molar-refractivity contribution is 9.10. The lowest BCUT2D eigenvalue weighted by Gasteiger charge is -2.13. The molecule has 1 rings (SSSR count). The van der Waals surface area contributed by atoms with Crippen LogP contribution < -0.4 is 14.8 Å². The number of aliphatic carboxylic acids is 1. The van der Waals surface area contributed by atoms with Gasteiger partial charge in [-0.15, -0.1) is 0 Å². The molecule has 0 saturated heterocycles. The number of rotatable bonds is 7. The first-order valence-electron chi connectivity index (χ1n) is 5.50. The van der Waals surface area contributed by atoms with Crippen molar-refractivity contribution < 1.29 is 19.4 Å². The van der Waals surface area contributed by atoms with Crippen molar-refractivity contribution in [2.24, 2.45) is 0 Å². The molecule has 0 fully saturated rings. The van der Waals surface area contributed by atoms with E-state index in [1.807, 2.05) is 19.1 Å². The smallest absolute Gasteiger partial charge is 0.317 e. The van der Waals surface area contributed by atoms with Crippen molar-refractivity contribution in [3.8, 4) is 11.5 Å². The maximum absolute atomic E-state index is 10.4. The molecule has 0 spiro atoms. The highest BCUT2D eigenvalue weighted by Gasteiger charge is 2.11. The molecule has 2 N–H and O–H groups in total. The molecular formula is C12H16BrNO4. The monoisotopic (exact) mass is 317 g/mol. The molecule has 0 radical (unpaired) electrons. The predicted molar refractivity (Wildman–Crippen MR) is 71.2 cm³/mol. The molecule has 0 amide bonds. The van der Waals surface area contributed by atoms with Crippen molar-refractivity contribution in [2.45, 2.75) is 13.5 Å². The van der Waals surface area contributed by atoms with Gasteiger partial charge in [0.2, 0.25) is 0 Å². The van der Waals surface area contributed by atoms with E-state index in [9.17, 15) is 4.79 Å². The summed E-state index contributed by atoms with van der Waals surface area (Å²) in [4.78, 5) is 10.4. The third-order valence-electron chi connectivity index (χ3n) is 2.18. The van der Waals surface area contributed by atoms with Crippen LogP contribution in [0.25, 0.3) is 0 Å². The van der Waals surface area contributed by atoms with Crippen LogP contribution in [0.15, 0.2) is 16.6 Å². The summed E-state index contributed by atoms with van der Waals surface area (Å²) >= 11 is 3.40. The number of carboxylic acid groups (broad SMARTS) is 1. The number of hydrogen-bond acceptors (Lipinski definition) is 4. The molecule has 0 unspecified atom stereocenters. The summed E-state index contributed by atoms with van der Waals surface area (Å²) in [5, 5.41) is 11.4. The molecule has 5 nitrogen and oxygen atoms in total. The van der Waals surface area contributed by atoms with Gasteiger partial charge in [-0.25, -0.2) is 0 Å². The van der Waals surface area contributed by atoms with Gasteiger partial charge >= 0.3 is 5.97 Å². The Morgan fingerprint density at radius 2 is 2.22 bits per heavy atom. The Balaban J connectivity index is 2.83. The van der Waals surface area contributed by atoms with E-state index in [0.717, 1.165) is 10.0 Å². The number of ether oxygens (including phenoxy) is 2. The van der Waals surface area contributed by atoms with Crippen molar-refractivity contribution >= 4 is 21.9 Å². The van der Waals surface area contributed by atoms with Crippen LogP contribution in [0.5, 0.6) is 11.5 Å². The van der Waals surface area contributed by atoms with Crippen LogP contribution in [-0.2, 0) is 11.3 Å². The molecule has 0 atom stereocenters. The Bertz CT molecular complexity index is 423. The quantitative estimate of drug-likeness (QED) is 0.805. The van der Waals surface area contributed by atoms with Gasteiger partial charge in [-0.2, -0.15) is 0 Å². The topological polar surface area (TPSA) is 67.8 Å². The minimum Gasteiger partial charge on any atom is -0.492 e. The molecule has 0 heterocycles. The second-order valence-corrected chi connectivity index (χ2v) is 4.39. The molecule has 6 heteroatoms. The minimum absolute atomic E-state index is 0.0758. The van der Waals surface area contributed by atoms with Gasteiger partial charge in [-0.05, 0) is 40.5 Å². The van der Waals surface area contributed by atoms with Gasteiger partial charge in [0, 0.05) is 6.54 Å². The van der Waals surface area contributed by atoms with Gasteiger partial charge in [0.15, 0.2) is 11.5 Å². The van der Waals surface area contributed by atoms with E-state index in [4.69, 9.17) is 14.6 Å². The molecule has 1 aromatic rings. The molecule has 0 aliphatic rings. The number of halogens is 1. The second kappa shape index (κ2) is 7.23. The van der Waals surface area contributed by atoms with Crippen LogP contribution >= 0.6 is 15.9 Å². The standard InChI is InChI=1S/C12H16BrNO4/c1-3-18-10-5-8(6-14-7-11(15)16)4-9(13)12(10)17-2/h4-5,14H,3,6-7H2,1-2H3,(H,15,16). The number of hydrogen-bond donors (Lipinski definition) is 2. The molecule has 1 aromatic carbocycles. The SMILES string of the molecule is CCOc1cc(CNCC(=O)O)cc(Br)c1OC. The number of carboxylic acids is 1. The zero-order valence-corrected chi connectivity index (χ0v) is 11.9. The maximum atomic E-state index is 10.4. The molecule has 0 saturated carbocycles. The van der Waals surface area contributed by atoms with Crippen LogP contribution in [0.2, 0.25) is 0 Å². The van der Waals surface area contributed by atoms with Crippen LogP contribution in [0.4, 0.5) is 0 Å². The third-order valence-corrected chi connectivity index (χ3v) is 2.77. The average molecular weight is 318 g/mol. The van der Waals surface area contributed by atoms with Gasteiger partial charge in [0.05, 0.1) is 24.7 Å². The van der Waals surface area contributed by atoms with Crippen LogP contribution in [0.3, 0.4) is 0 Å². The Hall–Kier alpha value is -1.27. The van der Waals surface area contributed by atoms with Gasteiger partial charge in [0.25, 0.3) is 0 Å². The first-order valence-corrected chi connectivity index (χ1v) is 6.29. The first kappa shape index (κ1) is 14.8. The van der Waals surface area contributed by atoms with E-state index in [2.05, 4.69) is 21.2 Å². The Kier molecular flexibility index (Phi) is 5.94. The molecule has 100 valence electrons. The summed E-state index contributed by atoms with van der Waals surface area (Å²) in [5.41, 5.74) is 0.923. The summed E-state index contributed by atoms with van der Waals surface area (Å²) in [5.74, 6) is 0.396. The molecule has 0 aliphatic carbocycles. The first-order chi connectivity index (χ1) is 8.58. The van der Waals surface area contributed by atoms with E-state index in [1.54, 1.807) is 7.11 Å². The van der Waals surface area contributed by atoms with Crippen LogP contribution in [0.1, 0.15) is 12.5 Å². The Morgan fingerprint density at radius 1 is 1.50 bits per heavy atom. The fourth-order valence-corrected chi connectivity index (χ4v) is 2.15. The normalized spacial score (nSPS) is 10.2. The minimum atomic E-state index is -0.882. The highest BCUT2D eigenvalue weighted by Crippen LogP contribution is 2.36. The van der Waals surface area contributed by atoms with Crippen molar-refractivity contribution in [1.82, 2.24) is 5.32 Å². The lowest BCUT2D eigenvalue weighted by atomic mass is 10.2. The second-order valence-electron chi connectivity index (χ2n) is 3.54. The molecule has 0 aliphatic heterocycles. The Morgan fingerprint density at radius 3 is 2.78 bits per heavy atom. The fraction of sp³-hybridized carbons (Fsp3) is 0.417. The average Bonchev–Trinajstić information content (AvgIpc) is 2.28. The van der Waals surface area contributed by atoms with Gasteiger partial charge in [0.1, 0.15) is 0 Å². The molecule has 18 heavy (non-hydrogen) atoms. The van der Waals surface area contributed by atoms with E-state index < -0.39 is 5.97 Å². The fourth-order valence-electron chi connectivity index (χ4n) is 1.50. The van der Waals surface area contributed by atoms with Gasteiger partial charge < -0.3 is 19.9 Å². The summed E-state index contributed by atoms with van der Waals surface area (Å²) in [7, 11) is 1.57. The molecule has 0 aromatic heterocycles. The summed E-state index contributed by atoms with van der Waals surface area (Å²) < 4.78 is 11.5. The van der Waals surface area contributed by atoms with E-state index in [-0.39, 0.29) is 6.54 Å². The van der Waals surface area contributed by atoms with Crippen molar-refractivity contribution in [2.75, 3.05) is 20.3 Å². The number of benzene rings is 1. The zero-order chi connectivity index (χ0) is 13.5. The lowest BCUT2D eigenvalue weighted by Crippen LogP contribution is -2.21. The lowest BCUT2D eigenvalue weighted by molar-refractivity contribution is -0.135. The molecular weight excluding hydrogens is 302 g/mol. The number of methoxy groups -OCH3 is 1. The largest absolute Gasteiger partial charge is 0.492 e. The van der Waals surface area contributed by atoms with E-state index >= 15 is 0 Å². The predicted octanol–water partition coefficient (Wildman–Crippen LogP) is 2.03. The molecule has 0 bridgehead atoms. The van der Waals surface area contributed by atoms with Gasteiger partial charge in [-0.1, -0.05) is 0 Å². The highest BCUT2D eigenvalue weighted by atomic mass is 79.9. The van der Waals surface area contributed by atoms with Crippen molar-refractivity contribution in [3.05, 3.63) is 22.2 Å². The van der Waals surface area contributed by atoms with Crippen molar-refractivity contribution in [3.63, 3.8) is 0 Å². The van der Waals surface area contributed by atoms with Crippen molar-refractivity contribution in [1.29, 1.82) is 0 Å². The van der Waals surface area contributed by atoms with E-state index in [1.165, 1.54) is 0 Å². The van der Waals surface area contributed by atoms with E-state index in [0.29, 0.717) is 24.7 Å². The Labute approximate surface area is 114 Å². The van der Waals surface area contributed by atoms with Gasteiger partial charge in [-0.3, -0.25) is 4.79 Å². The number of nitrogens with one attached hydrogen (secondary N) is 1. The summed E-state index contributed by atoms with van der Waals surface area (Å²) in [6.45, 7) is 2.81. The third kappa shape index (κ3) is 4.19.